The molecule has 1 aliphatic heterocycles. The van der Waals surface area contributed by atoms with Gasteiger partial charge in [0, 0.05) is 23.4 Å². The van der Waals surface area contributed by atoms with Crippen LogP contribution in [0.1, 0.15) is 51.8 Å². The number of benzene rings is 3. The minimum atomic E-state index is -0.969. The standard InChI is InChI=1S/C29H24FNO3S2.Na/c30-20-7-9-25-23(14-20)31-26(36-25)10-6-18-5-8-24-22(13-18)28(21-4-2-1-3-19(21)16-34-24)35-17-29(11-12-29)15-27(32)33;/h1-10,13-14,28H,11-12,15-17H2,(H,32,33);/q;+1/p-1/b10-6+;. The molecule has 37 heavy (non-hydrogen) atoms. The molecule has 1 unspecified atom stereocenters. The van der Waals surface area contributed by atoms with E-state index in [1.165, 1.54) is 29.0 Å². The van der Waals surface area contributed by atoms with E-state index in [-0.39, 0.29) is 52.5 Å². The van der Waals surface area contributed by atoms with Crippen LogP contribution in [0.25, 0.3) is 22.4 Å². The van der Waals surface area contributed by atoms with Crippen molar-refractivity contribution in [1.29, 1.82) is 0 Å². The number of rotatable bonds is 7. The van der Waals surface area contributed by atoms with E-state index in [0.717, 1.165) is 50.7 Å². The van der Waals surface area contributed by atoms with Gasteiger partial charge in [0.2, 0.25) is 0 Å². The first-order chi connectivity index (χ1) is 17.5. The molecule has 0 bridgehead atoms. The van der Waals surface area contributed by atoms with Gasteiger partial charge in [-0.2, -0.15) is 0 Å². The van der Waals surface area contributed by atoms with Crippen LogP contribution in [-0.2, 0) is 11.4 Å². The zero-order chi connectivity index (χ0) is 24.7. The van der Waals surface area contributed by atoms with Gasteiger partial charge in [-0.25, -0.2) is 9.37 Å². The molecule has 1 aromatic heterocycles. The molecular weight excluding hydrogens is 516 g/mol. The van der Waals surface area contributed by atoms with Crippen molar-refractivity contribution in [3.63, 3.8) is 0 Å². The molecule has 4 nitrogen and oxygen atoms in total. The number of thioether (sulfide) groups is 1. The minimum absolute atomic E-state index is 0. The molecule has 2 heterocycles. The summed E-state index contributed by atoms with van der Waals surface area (Å²) in [7, 11) is 0. The van der Waals surface area contributed by atoms with Crippen molar-refractivity contribution >= 4 is 51.4 Å². The summed E-state index contributed by atoms with van der Waals surface area (Å²) in [5, 5.41) is 12.1. The van der Waals surface area contributed by atoms with Gasteiger partial charge in [-0.3, -0.25) is 0 Å². The molecule has 8 heteroatoms. The van der Waals surface area contributed by atoms with Crippen molar-refractivity contribution in [2.24, 2.45) is 5.41 Å². The van der Waals surface area contributed by atoms with E-state index in [9.17, 15) is 14.3 Å². The third-order valence-electron chi connectivity index (χ3n) is 6.85. The summed E-state index contributed by atoms with van der Waals surface area (Å²) in [6.45, 7) is 0.502. The number of hydrogen-bond donors (Lipinski definition) is 0. The molecule has 1 fully saturated rings. The molecule has 6 rings (SSSR count). The number of halogens is 1. The van der Waals surface area contributed by atoms with Crippen LogP contribution in [0.15, 0.2) is 60.7 Å². The largest absolute Gasteiger partial charge is 1.00 e. The molecule has 0 radical (unpaired) electrons. The van der Waals surface area contributed by atoms with Gasteiger partial charge < -0.3 is 14.6 Å². The Morgan fingerprint density at radius 1 is 1.14 bits per heavy atom. The van der Waals surface area contributed by atoms with Gasteiger partial charge in [-0.05, 0) is 71.7 Å². The summed E-state index contributed by atoms with van der Waals surface area (Å²) in [6.07, 6.45) is 5.95. The second-order valence-electron chi connectivity index (χ2n) is 9.52. The van der Waals surface area contributed by atoms with Crippen LogP contribution in [0.5, 0.6) is 5.75 Å². The van der Waals surface area contributed by atoms with E-state index in [1.54, 1.807) is 17.8 Å². The topological polar surface area (TPSA) is 62.2 Å². The SMILES string of the molecule is O=C([O-])CC1(CSC2c3ccccc3COc3ccc(/C=C/c4nc5cc(F)ccc5s4)cc32)CC1.[Na+]. The molecule has 0 spiro atoms. The number of carbonyl (C=O) groups is 1. The molecule has 3 aromatic carbocycles. The molecule has 1 atom stereocenters. The molecule has 0 saturated heterocycles. The van der Waals surface area contributed by atoms with Crippen molar-refractivity contribution in [3.05, 3.63) is 93.7 Å². The predicted molar refractivity (Wildman–Crippen MR) is 141 cm³/mol. The van der Waals surface area contributed by atoms with Gasteiger partial charge in [0.15, 0.2) is 0 Å². The van der Waals surface area contributed by atoms with Crippen LogP contribution in [0.3, 0.4) is 0 Å². The number of aliphatic carboxylic acids is 1. The van der Waals surface area contributed by atoms with Crippen molar-refractivity contribution in [2.45, 2.75) is 31.1 Å². The summed E-state index contributed by atoms with van der Waals surface area (Å²) in [5.74, 6) is 0.358. The van der Waals surface area contributed by atoms with Gasteiger partial charge in [0.1, 0.15) is 23.2 Å². The number of carbonyl (C=O) groups excluding carboxylic acids is 1. The van der Waals surface area contributed by atoms with E-state index in [1.807, 2.05) is 36.4 Å². The van der Waals surface area contributed by atoms with Crippen LogP contribution in [0.2, 0.25) is 0 Å². The number of ether oxygens (including phenoxy) is 1. The summed E-state index contributed by atoms with van der Waals surface area (Å²) in [6, 6.07) is 19.2. The van der Waals surface area contributed by atoms with Crippen LogP contribution in [-0.4, -0.2) is 16.7 Å². The van der Waals surface area contributed by atoms with Crippen LogP contribution >= 0.6 is 23.1 Å². The van der Waals surface area contributed by atoms with Crippen LogP contribution < -0.4 is 39.4 Å². The van der Waals surface area contributed by atoms with E-state index in [0.29, 0.717) is 12.1 Å². The fraction of sp³-hybridized carbons (Fsp3) is 0.241. The maximum atomic E-state index is 13.5. The second-order valence-corrected chi connectivity index (χ2v) is 11.7. The maximum absolute atomic E-state index is 13.5. The molecule has 1 aliphatic carbocycles. The van der Waals surface area contributed by atoms with Crippen molar-refractivity contribution in [3.8, 4) is 5.75 Å². The third-order valence-corrected chi connectivity index (χ3v) is 9.48. The van der Waals surface area contributed by atoms with Crippen LogP contribution in [0.4, 0.5) is 4.39 Å². The Bertz CT molecular complexity index is 1500. The quantitative estimate of drug-likeness (QED) is 0.338. The Morgan fingerprint density at radius 3 is 2.78 bits per heavy atom. The molecule has 2 aliphatic rings. The zero-order valence-corrected chi connectivity index (χ0v) is 24.0. The summed E-state index contributed by atoms with van der Waals surface area (Å²) >= 11 is 3.32. The Kier molecular flexibility index (Phi) is 7.80. The van der Waals surface area contributed by atoms with E-state index < -0.39 is 5.97 Å². The number of carboxylic acid groups (broad SMARTS) is 1. The summed E-state index contributed by atoms with van der Waals surface area (Å²) in [5.41, 5.74) is 4.96. The second kappa shape index (κ2) is 10.9. The van der Waals surface area contributed by atoms with Gasteiger partial charge in [0.25, 0.3) is 0 Å². The normalized spacial score (nSPS) is 17.4. The molecule has 0 N–H and O–H groups in total. The molecule has 1 saturated carbocycles. The van der Waals surface area contributed by atoms with Gasteiger partial charge in [-0.1, -0.05) is 36.4 Å². The van der Waals surface area contributed by atoms with E-state index in [2.05, 4.69) is 23.2 Å². The maximum Gasteiger partial charge on any atom is 1.00 e. The van der Waals surface area contributed by atoms with E-state index in [4.69, 9.17) is 4.74 Å². The number of fused-ring (bicyclic) bond motifs is 3. The Hall–Kier alpha value is -2.16. The number of carboxylic acids is 1. The van der Waals surface area contributed by atoms with E-state index >= 15 is 0 Å². The number of nitrogens with zero attached hydrogens (tertiary/aromatic N) is 1. The summed E-state index contributed by atoms with van der Waals surface area (Å²) < 4.78 is 20.7. The number of thiazole rings is 1. The average Bonchev–Trinajstić information content (AvgIpc) is 3.53. The smallest absolute Gasteiger partial charge is 0.550 e. The van der Waals surface area contributed by atoms with Gasteiger partial charge in [0.05, 0.1) is 15.5 Å². The molecule has 0 amide bonds. The molecule has 182 valence electrons. The van der Waals surface area contributed by atoms with Crippen molar-refractivity contribution in [1.82, 2.24) is 4.98 Å². The Morgan fingerprint density at radius 2 is 1.97 bits per heavy atom. The first kappa shape index (κ1) is 26.4. The average molecular weight is 540 g/mol. The van der Waals surface area contributed by atoms with Crippen LogP contribution in [0, 0.1) is 11.2 Å². The number of aromatic nitrogens is 1. The predicted octanol–water partition coefficient (Wildman–Crippen LogP) is 3.25. The van der Waals surface area contributed by atoms with Crippen molar-refractivity contribution in [2.75, 3.05) is 5.75 Å². The third kappa shape index (κ3) is 5.81. The first-order valence-electron chi connectivity index (χ1n) is 11.9. The number of hydrogen-bond acceptors (Lipinski definition) is 6. The fourth-order valence-electron chi connectivity index (χ4n) is 4.70. The van der Waals surface area contributed by atoms with Gasteiger partial charge >= 0.3 is 29.6 Å². The monoisotopic (exact) mass is 539 g/mol. The molecular formula is C29H23FNNaO3S2. The zero-order valence-electron chi connectivity index (χ0n) is 20.4. The Balaban J connectivity index is 0.00000280. The minimum Gasteiger partial charge on any atom is -0.550 e. The fourth-order valence-corrected chi connectivity index (χ4v) is 7.24. The van der Waals surface area contributed by atoms with Crippen molar-refractivity contribution < 1.29 is 48.6 Å². The molecule has 4 aromatic rings. The first-order valence-corrected chi connectivity index (χ1v) is 13.7. The van der Waals surface area contributed by atoms with Gasteiger partial charge in [-0.15, -0.1) is 23.1 Å². The summed E-state index contributed by atoms with van der Waals surface area (Å²) in [4.78, 5) is 15.8. The Labute approximate surface area is 245 Å².